The Hall–Kier alpha value is -10.3. The molecule has 12 aromatic heterocycles. The minimum atomic E-state index is 0.822. The van der Waals surface area contributed by atoms with Crippen molar-refractivity contribution >= 4 is 0 Å². The number of aryl methyl sites for hydroxylation is 12. The molecule has 12 heterocycles. The van der Waals surface area contributed by atoms with Crippen LogP contribution in [0, 0.1) is 55.4 Å². The zero-order valence-electron chi connectivity index (χ0n) is 47.9. The zero-order chi connectivity index (χ0) is 58.5. The Kier molecular flexibility index (Phi) is 39.9. The van der Waals surface area contributed by atoms with Crippen LogP contribution in [0.3, 0.4) is 0 Å². The molecule has 0 amide bonds. The molecule has 0 spiro atoms. The van der Waals surface area contributed by atoms with Crippen LogP contribution in [-0.2, 0) is 28.2 Å². The highest BCUT2D eigenvalue weighted by atomic mass is 15.3. The van der Waals surface area contributed by atoms with Crippen molar-refractivity contribution < 1.29 is 0 Å². The fraction of sp³-hybridized carbons (Fsp3) is 0.203. The lowest BCUT2D eigenvalue weighted by atomic mass is 10.3. The molecule has 0 aliphatic rings. The van der Waals surface area contributed by atoms with E-state index in [9.17, 15) is 0 Å². The van der Waals surface area contributed by atoms with Gasteiger partial charge < -0.3 is 9.13 Å². The molecule has 0 aliphatic heterocycles. The number of nitrogens with zero attached hydrogens (tertiary/aromatic N) is 21. The molecule has 0 atom stereocenters. The van der Waals surface area contributed by atoms with Crippen LogP contribution in [0.4, 0.5) is 0 Å². The topological polar surface area (TPSA) is 239 Å². The lowest BCUT2D eigenvalue weighted by molar-refractivity contribution is 0.765. The third-order valence-electron chi connectivity index (χ3n) is 8.59. The largest absolute Gasteiger partial charge is 0.357 e. The minimum Gasteiger partial charge on any atom is -0.357 e. The molecule has 0 fully saturated rings. The maximum Gasteiger partial charge on any atom is 0.137 e. The van der Waals surface area contributed by atoms with Crippen LogP contribution in [0.25, 0.3) is 0 Å². The minimum absolute atomic E-state index is 0.822. The van der Waals surface area contributed by atoms with Gasteiger partial charge in [-0.15, -0.1) is 0 Å². The summed E-state index contributed by atoms with van der Waals surface area (Å²) < 4.78 is 7.28. The Bertz CT molecular complexity index is 2480. The number of imidazole rings is 1. The fourth-order valence-corrected chi connectivity index (χ4v) is 4.52. The summed E-state index contributed by atoms with van der Waals surface area (Å²) in [5.41, 5.74) is 7.62. The van der Waals surface area contributed by atoms with Gasteiger partial charge in [0.2, 0.25) is 0 Å². The fourth-order valence-electron chi connectivity index (χ4n) is 4.52. The number of aromatic nitrogens is 21. The van der Waals surface area contributed by atoms with Gasteiger partial charge in [0.05, 0.1) is 23.9 Å². The maximum absolute atomic E-state index is 3.98. The van der Waals surface area contributed by atoms with Crippen LogP contribution in [-0.4, -0.2) is 104 Å². The molecule has 416 valence electrons. The van der Waals surface area contributed by atoms with Crippen LogP contribution in [0.1, 0.15) is 45.3 Å². The Morgan fingerprint density at radius 1 is 0.300 bits per heavy atom. The van der Waals surface area contributed by atoms with Gasteiger partial charge in [-0.2, -0.15) is 30.6 Å². The van der Waals surface area contributed by atoms with Crippen molar-refractivity contribution in [3.8, 4) is 0 Å². The molecule has 0 saturated carbocycles. The smallest absolute Gasteiger partial charge is 0.137 e. The van der Waals surface area contributed by atoms with E-state index in [-0.39, 0.29) is 0 Å². The SMILES string of the molecule is Cc1ccccn1.Cc1cccnc1.Cc1cccnn1.Cc1ccncc1.Cc1ccncn1.Cc1ccnnc1.Cc1cnccn1.Cc1ncccn1.Cn1cccc1.Cn1cccn1.Cn1ccnc1.Cn1cncn1. The summed E-state index contributed by atoms with van der Waals surface area (Å²) in [6, 6.07) is 29.0. The number of hydrogen-bond acceptors (Lipinski definition) is 17. The Balaban J connectivity index is 0.000000437. The van der Waals surface area contributed by atoms with E-state index in [0.29, 0.717) is 0 Å². The molecule has 21 heteroatoms. The van der Waals surface area contributed by atoms with Gasteiger partial charge in [0.25, 0.3) is 0 Å². The third-order valence-corrected chi connectivity index (χ3v) is 8.59. The molecule has 0 aliphatic carbocycles. The zero-order valence-corrected chi connectivity index (χ0v) is 47.9. The van der Waals surface area contributed by atoms with Crippen LogP contribution < -0.4 is 0 Å². The standard InChI is InChI=1S/3C6H7N.5C5H6N2.C5H7N.2C4H6N2.C3H5N3/c1-6-2-4-7-5-3-6;1-6-3-2-4-7-5-6;1-6-4-2-3-5-7-6;1-5-4-6-2-3-7-5;1-5-2-3-6-4-7-5;1-5-2-3-6-7-4-5;1-5-6-3-2-4-7-5;1-5-3-2-4-6-7-5;1-6-4-2-3-5-6;1-6-3-2-5-4-6;1-6-4-2-3-5-6;1-6-3-4-2-5-6/h3*2-5H,1H3;5*2-4H,1H3;2-5H,1H3;2*2-4H,1H3;2-3H,1H3. The highest BCUT2D eigenvalue weighted by molar-refractivity contribution is 5.06. The first kappa shape index (κ1) is 67.7. The molecule has 0 bridgehead atoms. The summed E-state index contributed by atoms with van der Waals surface area (Å²) in [5, 5.41) is 22.1. The first-order valence-corrected chi connectivity index (χ1v) is 24.7. The van der Waals surface area contributed by atoms with E-state index in [1.54, 1.807) is 121 Å². The van der Waals surface area contributed by atoms with Gasteiger partial charge >= 0.3 is 0 Å². The highest BCUT2D eigenvalue weighted by Crippen LogP contribution is 1.91. The molecule has 0 radical (unpaired) electrons. The molecule has 0 aromatic carbocycles. The summed E-state index contributed by atoms with van der Waals surface area (Å²) in [7, 11) is 7.65. The predicted octanol–water partition coefficient (Wildman–Crippen LogP) is 9.78. The summed E-state index contributed by atoms with van der Waals surface area (Å²) in [5.74, 6) is 0.822. The molecule has 0 N–H and O–H groups in total. The van der Waals surface area contributed by atoms with Gasteiger partial charge in [-0.05, 0) is 151 Å². The molecule has 12 rings (SSSR count). The van der Waals surface area contributed by atoms with Crippen LogP contribution >= 0.6 is 0 Å². The molecule has 0 saturated heterocycles. The quantitative estimate of drug-likeness (QED) is 0.137. The lowest BCUT2D eigenvalue weighted by Gasteiger charge is -1.82. The van der Waals surface area contributed by atoms with Crippen molar-refractivity contribution in [2.45, 2.75) is 55.4 Å². The maximum atomic E-state index is 3.98. The van der Waals surface area contributed by atoms with E-state index in [4.69, 9.17) is 0 Å². The highest BCUT2D eigenvalue weighted by Gasteiger charge is 1.80. The van der Waals surface area contributed by atoms with Gasteiger partial charge in [0, 0.05) is 157 Å². The normalized spacial score (nSPS) is 8.75. The average molecular weight is 1080 g/mol. The van der Waals surface area contributed by atoms with E-state index in [0.717, 1.165) is 34.2 Å². The Morgan fingerprint density at radius 3 is 1.21 bits per heavy atom. The van der Waals surface area contributed by atoms with E-state index in [2.05, 4.69) is 85.4 Å². The van der Waals surface area contributed by atoms with Crippen molar-refractivity contribution in [2.75, 3.05) is 0 Å². The first-order valence-electron chi connectivity index (χ1n) is 24.7. The number of rotatable bonds is 0. The molecule has 12 aromatic rings. The second-order valence-corrected chi connectivity index (χ2v) is 16.1. The van der Waals surface area contributed by atoms with Crippen LogP contribution in [0.2, 0.25) is 0 Å². The molecule has 0 unspecified atom stereocenters. The molecular weight excluding hydrogens is 1000 g/mol. The van der Waals surface area contributed by atoms with E-state index in [1.165, 1.54) is 23.8 Å². The average Bonchev–Trinajstić information content (AvgIpc) is 4.35. The second kappa shape index (κ2) is 47.2. The molecular formula is C59H75N21. The third kappa shape index (κ3) is 45.1. The Labute approximate surface area is 471 Å². The van der Waals surface area contributed by atoms with Gasteiger partial charge in [0.15, 0.2) is 0 Å². The lowest BCUT2D eigenvalue weighted by Crippen LogP contribution is -1.83. The van der Waals surface area contributed by atoms with Gasteiger partial charge in [0.1, 0.15) is 24.8 Å². The van der Waals surface area contributed by atoms with Crippen molar-refractivity contribution in [1.82, 2.24) is 104 Å². The predicted molar refractivity (Wildman–Crippen MR) is 314 cm³/mol. The van der Waals surface area contributed by atoms with E-state index >= 15 is 0 Å². The van der Waals surface area contributed by atoms with Gasteiger partial charge in [-0.1, -0.05) is 12.1 Å². The summed E-state index contributed by atoms with van der Waals surface area (Å²) >= 11 is 0. The number of hydrogen-bond donors (Lipinski definition) is 0. The van der Waals surface area contributed by atoms with Crippen LogP contribution in [0.5, 0.6) is 0 Å². The van der Waals surface area contributed by atoms with Gasteiger partial charge in [-0.25, -0.2) is 29.9 Å². The number of pyridine rings is 3. The summed E-state index contributed by atoms with van der Waals surface area (Å²) in [6.07, 6.45) is 42.0. The first-order chi connectivity index (χ1) is 38.7. The van der Waals surface area contributed by atoms with Crippen LogP contribution in [0.15, 0.2) is 240 Å². The van der Waals surface area contributed by atoms with Crippen molar-refractivity contribution in [3.63, 3.8) is 0 Å². The summed E-state index contributed by atoms with van der Waals surface area (Å²) in [6.45, 7) is 15.6. The monoisotopic (exact) mass is 1080 g/mol. The molecule has 21 nitrogen and oxygen atoms in total. The van der Waals surface area contributed by atoms with Crippen molar-refractivity contribution in [1.29, 1.82) is 0 Å². The molecule has 80 heavy (non-hydrogen) atoms. The van der Waals surface area contributed by atoms with Crippen molar-refractivity contribution in [3.05, 3.63) is 286 Å². The summed E-state index contributed by atoms with van der Waals surface area (Å²) in [4.78, 5) is 42.2. The second-order valence-electron chi connectivity index (χ2n) is 16.1. The van der Waals surface area contributed by atoms with Crippen molar-refractivity contribution in [2.24, 2.45) is 28.2 Å². The van der Waals surface area contributed by atoms with E-state index < -0.39 is 0 Å². The van der Waals surface area contributed by atoms with Gasteiger partial charge in [-0.3, -0.25) is 34.3 Å². The Morgan fingerprint density at radius 2 is 0.963 bits per heavy atom. The van der Waals surface area contributed by atoms with E-state index in [1.807, 2.05) is 209 Å².